The Bertz CT molecular complexity index is 1040. The van der Waals surface area contributed by atoms with Crippen LogP contribution in [0.15, 0.2) is 47.4 Å². The van der Waals surface area contributed by atoms with Crippen LogP contribution < -0.4 is 14.8 Å². The van der Waals surface area contributed by atoms with Gasteiger partial charge >= 0.3 is 5.69 Å². The number of methoxy groups -OCH3 is 1. The van der Waals surface area contributed by atoms with E-state index in [1.165, 1.54) is 30.5 Å². The van der Waals surface area contributed by atoms with Crippen molar-refractivity contribution < 1.29 is 27.6 Å². The zero-order valence-corrected chi connectivity index (χ0v) is 18.5. The van der Waals surface area contributed by atoms with E-state index in [1.807, 2.05) is 0 Å². The molecule has 0 spiro atoms. The number of rotatable bonds is 10. The second-order valence-electron chi connectivity index (χ2n) is 6.45. The lowest BCUT2D eigenvalue weighted by atomic mass is 10.2. The highest BCUT2D eigenvalue weighted by atomic mass is 32.2. The van der Waals surface area contributed by atoms with Gasteiger partial charge in [-0.15, -0.1) is 0 Å². The maximum atomic E-state index is 12.6. The number of ether oxygens (including phenoxy) is 2. The molecule has 10 nitrogen and oxygen atoms in total. The van der Waals surface area contributed by atoms with Crippen LogP contribution in [0.5, 0.6) is 11.5 Å². The predicted octanol–water partition coefficient (Wildman–Crippen LogP) is 3.04. The molecule has 0 aliphatic heterocycles. The zero-order chi connectivity index (χ0) is 23.2. The first-order valence-corrected chi connectivity index (χ1v) is 11.0. The van der Waals surface area contributed by atoms with Crippen molar-refractivity contribution in [3.8, 4) is 11.5 Å². The first kappa shape index (κ1) is 24.1. The molecule has 0 aliphatic rings. The summed E-state index contributed by atoms with van der Waals surface area (Å²) in [6.07, 6.45) is -1.08. The van der Waals surface area contributed by atoms with Crippen molar-refractivity contribution in [3.63, 3.8) is 0 Å². The first-order valence-electron chi connectivity index (χ1n) is 9.54. The molecule has 0 bridgehead atoms. The lowest BCUT2D eigenvalue weighted by Gasteiger charge is -2.19. The van der Waals surface area contributed by atoms with Gasteiger partial charge in [0.05, 0.1) is 16.9 Å². The molecule has 0 radical (unpaired) electrons. The number of hydrogen-bond acceptors (Lipinski definition) is 7. The largest absolute Gasteiger partial charge is 0.497 e. The molecule has 0 fully saturated rings. The molecule has 0 unspecified atom stereocenters. The summed E-state index contributed by atoms with van der Waals surface area (Å²) in [6, 6.07) is 9.96. The van der Waals surface area contributed by atoms with Crippen molar-refractivity contribution >= 4 is 27.3 Å². The number of nitrogens with zero attached hydrogens (tertiary/aromatic N) is 2. The summed E-state index contributed by atoms with van der Waals surface area (Å²) >= 11 is 0. The summed E-state index contributed by atoms with van der Waals surface area (Å²) in [7, 11) is -2.36. The van der Waals surface area contributed by atoms with Crippen LogP contribution in [-0.2, 0) is 14.8 Å². The molecule has 2 aromatic carbocycles. The fourth-order valence-corrected chi connectivity index (χ4v) is 4.25. The summed E-state index contributed by atoms with van der Waals surface area (Å²) in [6.45, 7) is 5.25. The topological polar surface area (TPSA) is 128 Å². The maximum Gasteiger partial charge on any atom is 0.312 e. The standard InChI is InChI=1S/C20H25N3O7S/c1-5-22(6-2)31(27,28)17-11-12-19(18(13-17)23(25)26)30-14(3)20(24)21-15-7-9-16(29-4)10-8-15/h7-14H,5-6H2,1-4H3,(H,21,24)/t14-/m0/s1. The number of amides is 1. The molecule has 0 saturated carbocycles. The number of nitrogens with one attached hydrogen (secondary N) is 1. The van der Waals surface area contributed by atoms with Gasteiger partial charge in [0.25, 0.3) is 5.91 Å². The van der Waals surface area contributed by atoms with E-state index in [2.05, 4.69) is 5.32 Å². The first-order chi connectivity index (χ1) is 14.6. The number of nitro groups is 1. The van der Waals surface area contributed by atoms with Crippen LogP contribution in [0.4, 0.5) is 11.4 Å². The van der Waals surface area contributed by atoms with E-state index in [-0.39, 0.29) is 23.7 Å². The second kappa shape index (κ2) is 10.2. The van der Waals surface area contributed by atoms with Crippen LogP contribution in [0.25, 0.3) is 0 Å². The third-order valence-corrected chi connectivity index (χ3v) is 6.55. The number of anilines is 1. The molecule has 1 N–H and O–H groups in total. The number of nitro benzene ring substituents is 1. The van der Waals surface area contributed by atoms with Crippen molar-refractivity contribution in [2.24, 2.45) is 0 Å². The second-order valence-corrected chi connectivity index (χ2v) is 8.39. The van der Waals surface area contributed by atoms with Crippen LogP contribution in [0.1, 0.15) is 20.8 Å². The number of sulfonamides is 1. The normalized spacial score (nSPS) is 12.3. The third kappa shape index (κ3) is 5.70. The van der Waals surface area contributed by atoms with Crippen molar-refractivity contribution in [1.29, 1.82) is 0 Å². The predicted molar refractivity (Wildman–Crippen MR) is 115 cm³/mol. The van der Waals surface area contributed by atoms with Gasteiger partial charge in [-0.25, -0.2) is 8.42 Å². The van der Waals surface area contributed by atoms with Crippen molar-refractivity contribution in [3.05, 3.63) is 52.6 Å². The molecular formula is C20H25N3O7S. The van der Waals surface area contributed by atoms with Crippen LogP contribution in [0, 0.1) is 10.1 Å². The van der Waals surface area contributed by atoms with E-state index in [0.29, 0.717) is 11.4 Å². The van der Waals surface area contributed by atoms with E-state index in [0.717, 1.165) is 6.07 Å². The fourth-order valence-electron chi connectivity index (χ4n) is 2.77. The Morgan fingerprint density at radius 1 is 1.16 bits per heavy atom. The van der Waals surface area contributed by atoms with Crippen molar-refractivity contribution in [2.45, 2.75) is 31.8 Å². The molecule has 11 heteroatoms. The number of carbonyl (C=O) groups is 1. The Morgan fingerprint density at radius 2 is 1.77 bits per heavy atom. The van der Waals surface area contributed by atoms with Crippen LogP contribution in [-0.4, -0.2) is 49.9 Å². The van der Waals surface area contributed by atoms with Crippen molar-refractivity contribution in [1.82, 2.24) is 4.31 Å². The van der Waals surface area contributed by atoms with Crippen molar-refractivity contribution in [2.75, 3.05) is 25.5 Å². The van der Waals surface area contributed by atoms with E-state index >= 15 is 0 Å². The summed E-state index contributed by atoms with van der Waals surface area (Å²) in [5, 5.41) is 14.2. The lowest BCUT2D eigenvalue weighted by molar-refractivity contribution is -0.386. The lowest BCUT2D eigenvalue weighted by Crippen LogP contribution is -2.31. The quantitative estimate of drug-likeness (QED) is 0.434. The molecule has 0 aliphatic carbocycles. The van der Waals surface area contributed by atoms with Crippen LogP contribution in [0.2, 0.25) is 0 Å². The number of benzene rings is 2. The Balaban J connectivity index is 2.23. The average Bonchev–Trinajstić information content (AvgIpc) is 2.74. The molecule has 0 saturated heterocycles. The van der Waals surface area contributed by atoms with Gasteiger partial charge < -0.3 is 14.8 Å². The molecule has 1 amide bonds. The minimum Gasteiger partial charge on any atom is -0.497 e. The highest BCUT2D eigenvalue weighted by molar-refractivity contribution is 7.89. The molecular weight excluding hydrogens is 426 g/mol. The van der Waals surface area contributed by atoms with E-state index in [4.69, 9.17) is 9.47 Å². The van der Waals surface area contributed by atoms with Gasteiger partial charge in [0.15, 0.2) is 11.9 Å². The highest BCUT2D eigenvalue weighted by Crippen LogP contribution is 2.31. The minimum atomic E-state index is -3.88. The molecule has 2 aromatic rings. The SMILES string of the molecule is CCN(CC)S(=O)(=O)c1ccc(O[C@@H](C)C(=O)Nc2ccc(OC)cc2)c([N+](=O)[O-])c1. The maximum absolute atomic E-state index is 12.6. The monoisotopic (exact) mass is 451 g/mol. The van der Waals surface area contributed by atoms with E-state index in [1.54, 1.807) is 38.1 Å². The molecule has 1 atom stereocenters. The van der Waals surface area contributed by atoms with Gasteiger partial charge in [0, 0.05) is 24.8 Å². The zero-order valence-electron chi connectivity index (χ0n) is 17.7. The summed E-state index contributed by atoms with van der Waals surface area (Å²) < 4.78 is 37.0. The number of hydrogen-bond donors (Lipinski definition) is 1. The van der Waals surface area contributed by atoms with Gasteiger partial charge in [-0.2, -0.15) is 4.31 Å². The van der Waals surface area contributed by atoms with Crippen LogP contribution >= 0.6 is 0 Å². The van der Waals surface area contributed by atoms with Gasteiger partial charge in [-0.05, 0) is 43.3 Å². The van der Waals surface area contributed by atoms with E-state index in [9.17, 15) is 23.3 Å². The smallest absolute Gasteiger partial charge is 0.312 e. The van der Waals surface area contributed by atoms with Crippen LogP contribution in [0.3, 0.4) is 0 Å². The molecule has 0 aromatic heterocycles. The Morgan fingerprint density at radius 3 is 2.29 bits per heavy atom. The molecule has 31 heavy (non-hydrogen) atoms. The Labute approximate surface area is 181 Å². The molecule has 168 valence electrons. The summed E-state index contributed by atoms with van der Waals surface area (Å²) in [4.78, 5) is 23.0. The fraction of sp³-hybridized carbons (Fsp3) is 0.350. The summed E-state index contributed by atoms with van der Waals surface area (Å²) in [5.41, 5.74) is -0.0475. The van der Waals surface area contributed by atoms with Gasteiger partial charge in [-0.1, -0.05) is 13.8 Å². The average molecular weight is 452 g/mol. The summed E-state index contributed by atoms with van der Waals surface area (Å²) in [5.74, 6) is -0.113. The number of carbonyl (C=O) groups excluding carboxylic acids is 1. The Kier molecular flexibility index (Phi) is 7.95. The third-order valence-electron chi connectivity index (χ3n) is 4.50. The highest BCUT2D eigenvalue weighted by Gasteiger charge is 2.27. The van der Waals surface area contributed by atoms with Gasteiger partial charge in [0.2, 0.25) is 10.0 Å². The Hall–Kier alpha value is -3.18. The molecule has 0 heterocycles. The van der Waals surface area contributed by atoms with E-state index < -0.39 is 32.6 Å². The van der Waals surface area contributed by atoms with Gasteiger partial charge in [0.1, 0.15) is 5.75 Å². The minimum absolute atomic E-state index is 0.208. The molecule has 2 rings (SSSR count). The van der Waals surface area contributed by atoms with Gasteiger partial charge in [-0.3, -0.25) is 14.9 Å².